The van der Waals surface area contributed by atoms with Crippen LogP contribution in [-0.4, -0.2) is 55.4 Å². The van der Waals surface area contributed by atoms with Crippen molar-refractivity contribution in [2.75, 3.05) is 37.3 Å². The van der Waals surface area contributed by atoms with Gasteiger partial charge in [-0.2, -0.15) is 9.40 Å². The van der Waals surface area contributed by atoms with E-state index in [1.807, 2.05) is 0 Å². The highest BCUT2D eigenvalue weighted by Crippen LogP contribution is 2.23. The van der Waals surface area contributed by atoms with Gasteiger partial charge in [0.1, 0.15) is 0 Å². The number of rotatable bonds is 2. The number of hydrogen-bond acceptors (Lipinski definition) is 5. The van der Waals surface area contributed by atoms with Gasteiger partial charge in [-0.05, 0) is 37.3 Å². The van der Waals surface area contributed by atoms with Gasteiger partial charge in [0.2, 0.25) is 10.0 Å². The van der Waals surface area contributed by atoms with E-state index in [2.05, 4.69) is 21.2 Å². The summed E-state index contributed by atoms with van der Waals surface area (Å²) >= 11 is 0. The van der Waals surface area contributed by atoms with Gasteiger partial charge >= 0.3 is 0 Å². The molecular weight excluding hydrogens is 276 g/mol. The molecule has 1 fully saturated rings. The summed E-state index contributed by atoms with van der Waals surface area (Å²) in [6, 6.07) is 2.14. The Kier molecular flexibility index (Phi) is 3.64. The van der Waals surface area contributed by atoms with Crippen molar-refractivity contribution in [1.82, 2.24) is 14.5 Å². The van der Waals surface area contributed by atoms with E-state index in [0.717, 1.165) is 24.4 Å². The smallest absolute Gasteiger partial charge is 0.211 e. The topological polar surface area (TPSA) is 66.4 Å². The summed E-state index contributed by atoms with van der Waals surface area (Å²) in [5.41, 5.74) is 2.45. The highest BCUT2D eigenvalue weighted by molar-refractivity contribution is 7.88. The minimum absolute atomic E-state index is 0.525. The van der Waals surface area contributed by atoms with Crippen molar-refractivity contribution in [3.05, 3.63) is 17.3 Å². The first-order chi connectivity index (χ1) is 9.54. The predicted octanol–water partition coefficient (Wildman–Crippen LogP) is 0.437. The van der Waals surface area contributed by atoms with Crippen molar-refractivity contribution in [2.45, 2.75) is 25.7 Å². The molecule has 0 radical (unpaired) electrons. The van der Waals surface area contributed by atoms with E-state index in [1.54, 1.807) is 0 Å². The maximum absolute atomic E-state index is 11.5. The van der Waals surface area contributed by atoms with E-state index in [0.29, 0.717) is 26.2 Å². The molecule has 1 aromatic rings. The molecule has 0 bridgehead atoms. The molecular formula is C13H20N4O2S. The number of sulfonamides is 1. The van der Waals surface area contributed by atoms with Gasteiger partial charge in [0.15, 0.2) is 5.82 Å². The van der Waals surface area contributed by atoms with Gasteiger partial charge in [0.25, 0.3) is 0 Å². The van der Waals surface area contributed by atoms with Crippen LogP contribution in [0.5, 0.6) is 0 Å². The third-order valence-corrected chi connectivity index (χ3v) is 5.39. The second-order valence-corrected chi connectivity index (χ2v) is 7.51. The van der Waals surface area contributed by atoms with Gasteiger partial charge in [-0.15, -0.1) is 5.10 Å². The normalized spacial score (nSPS) is 20.8. The van der Waals surface area contributed by atoms with Crippen LogP contribution in [0.2, 0.25) is 0 Å². The highest BCUT2D eigenvalue weighted by Gasteiger charge is 2.24. The number of aryl methyl sites for hydroxylation is 2. The molecule has 110 valence electrons. The molecule has 1 saturated heterocycles. The lowest BCUT2D eigenvalue weighted by Gasteiger charge is -2.34. The summed E-state index contributed by atoms with van der Waals surface area (Å²) in [6.45, 7) is 2.41. The summed E-state index contributed by atoms with van der Waals surface area (Å²) in [5, 5.41) is 8.65. The van der Waals surface area contributed by atoms with Crippen LogP contribution in [0, 0.1) is 0 Å². The second-order valence-electron chi connectivity index (χ2n) is 5.53. The maximum Gasteiger partial charge on any atom is 0.211 e. The monoisotopic (exact) mass is 296 g/mol. The summed E-state index contributed by atoms with van der Waals surface area (Å²) in [6.07, 6.45) is 5.81. The lowest BCUT2D eigenvalue weighted by Crippen LogP contribution is -2.48. The molecule has 0 atom stereocenters. The van der Waals surface area contributed by atoms with Crippen LogP contribution in [0.4, 0.5) is 5.82 Å². The molecule has 1 aliphatic heterocycles. The van der Waals surface area contributed by atoms with Crippen molar-refractivity contribution in [3.63, 3.8) is 0 Å². The fraction of sp³-hybridized carbons (Fsp3) is 0.692. The molecule has 0 amide bonds. The lowest BCUT2D eigenvalue weighted by atomic mass is 9.97. The maximum atomic E-state index is 11.5. The van der Waals surface area contributed by atoms with Crippen LogP contribution >= 0.6 is 0 Å². The number of nitrogens with zero attached hydrogens (tertiary/aromatic N) is 4. The fourth-order valence-corrected chi connectivity index (χ4v) is 3.71. The molecule has 0 saturated carbocycles. The molecule has 1 aromatic heterocycles. The Morgan fingerprint density at radius 3 is 2.45 bits per heavy atom. The zero-order valence-electron chi connectivity index (χ0n) is 11.7. The van der Waals surface area contributed by atoms with Crippen molar-refractivity contribution in [3.8, 4) is 0 Å². The second kappa shape index (κ2) is 5.29. The van der Waals surface area contributed by atoms with Crippen molar-refractivity contribution in [1.29, 1.82) is 0 Å². The predicted molar refractivity (Wildman–Crippen MR) is 77.3 cm³/mol. The molecule has 6 nitrogen and oxygen atoms in total. The average molecular weight is 296 g/mol. The number of fused-ring (bicyclic) bond motifs is 1. The van der Waals surface area contributed by atoms with E-state index in [-0.39, 0.29) is 0 Å². The minimum atomic E-state index is -3.08. The molecule has 0 unspecified atom stereocenters. The molecule has 0 spiro atoms. The van der Waals surface area contributed by atoms with Gasteiger partial charge in [-0.25, -0.2) is 8.42 Å². The van der Waals surface area contributed by atoms with E-state index in [4.69, 9.17) is 0 Å². The van der Waals surface area contributed by atoms with Crippen molar-refractivity contribution >= 4 is 15.8 Å². The van der Waals surface area contributed by atoms with Gasteiger partial charge in [-0.1, -0.05) is 0 Å². The Labute approximate surface area is 119 Å². The van der Waals surface area contributed by atoms with Crippen molar-refractivity contribution < 1.29 is 8.42 Å². The van der Waals surface area contributed by atoms with E-state index in [9.17, 15) is 8.42 Å². The summed E-state index contributed by atoms with van der Waals surface area (Å²) in [5.74, 6) is 0.888. The van der Waals surface area contributed by atoms with E-state index < -0.39 is 10.0 Å². The Balaban J connectivity index is 1.72. The van der Waals surface area contributed by atoms with E-state index in [1.165, 1.54) is 29.0 Å². The van der Waals surface area contributed by atoms with Crippen LogP contribution in [0.15, 0.2) is 6.07 Å². The first kappa shape index (κ1) is 13.8. The number of anilines is 1. The Morgan fingerprint density at radius 2 is 1.75 bits per heavy atom. The van der Waals surface area contributed by atoms with Crippen LogP contribution in [0.25, 0.3) is 0 Å². The van der Waals surface area contributed by atoms with Gasteiger partial charge in [-0.3, -0.25) is 0 Å². The van der Waals surface area contributed by atoms with E-state index >= 15 is 0 Å². The van der Waals surface area contributed by atoms with Crippen LogP contribution in [0.3, 0.4) is 0 Å². The molecule has 2 aliphatic rings. The number of hydrogen-bond donors (Lipinski definition) is 0. The Morgan fingerprint density at radius 1 is 1.05 bits per heavy atom. The third-order valence-electron chi connectivity index (χ3n) is 4.09. The van der Waals surface area contributed by atoms with Crippen LogP contribution in [0.1, 0.15) is 24.1 Å². The zero-order chi connectivity index (χ0) is 14.2. The molecule has 0 aromatic carbocycles. The quantitative estimate of drug-likeness (QED) is 0.792. The third kappa shape index (κ3) is 2.78. The van der Waals surface area contributed by atoms with Gasteiger partial charge in [0, 0.05) is 26.2 Å². The Hall–Kier alpha value is -1.21. The number of aromatic nitrogens is 2. The lowest BCUT2D eigenvalue weighted by molar-refractivity contribution is 0.386. The molecule has 1 aliphatic carbocycles. The molecule has 7 heteroatoms. The fourth-order valence-electron chi connectivity index (χ4n) is 2.88. The summed E-state index contributed by atoms with van der Waals surface area (Å²) in [4.78, 5) is 2.13. The molecule has 20 heavy (non-hydrogen) atoms. The van der Waals surface area contributed by atoms with Crippen LogP contribution in [-0.2, 0) is 22.9 Å². The number of piperazine rings is 1. The highest BCUT2D eigenvalue weighted by atomic mass is 32.2. The molecule has 0 N–H and O–H groups in total. The van der Waals surface area contributed by atoms with Crippen LogP contribution < -0.4 is 4.90 Å². The standard InChI is InChI=1S/C13H20N4O2S/c1-20(18,19)17-8-6-16(7-9-17)13-10-11-4-2-3-5-12(11)14-15-13/h10H,2-9H2,1H3. The minimum Gasteiger partial charge on any atom is -0.352 e. The van der Waals surface area contributed by atoms with Gasteiger partial charge < -0.3 is 4.90 Å². The molecule has 2 heterocycles. The Bertz CT molecular complexity index is 594. The summed E-state index contributed by atoms with van der Waals surface area (Å²) < 4.78 is 24.5. The summed E-state index contributed by atoms with van der Waals surface area (Å²) in [7, 11) is -3.08. The first-order valence-electron chi connectivity index (χ1n) is 7.09. The SMILES string of the molecule is CS(=O)(=O)N1CCN(c2cc3c(nn2)CCCC3)CC1. The largest absolute Gasteiger partial charge is 0.352 e. The van der Waals surface area contributed by atoms with Gasteiger partial charge in [0.05, 0.1) is 11.9 Å². The van der Waals surface area contributed by atoms with Crippen molar-refractivity contribution in [2.24, 2.45) is 0 Å². The zero-order valence-corrected chi connectivity index (χ0v) is 12.6. The average Bonchev–Trinajstić information content (AvgIpc) is 2.46. The first-order valence-corrected chi connectivity index (χ1v) is 8.94. The molecule has 3 rings (SSSR count).